The second-order valence-electron chi connectivity index (χ2n) is 4.65. The van der Waals surface area contributed by atoms with Crippen LogP contribution < -0.4 is 5.73 Å². The number of dihydropyridines is 1. The molecule has 0 spiro atoms. The average molecular weight is 256 g/mol. The fourth-order valence-electron chi connectivity index (χ4n) is 2.17. The smallest absolute Gasteiger partial charge is 0.126 e. The van der Waals surface area contributed by atoms with Gasteiger partial charge in [0.2, 0.25) is 0 Å². The van der Waals surface area contributed by atoms with Crippen LogP contribution in [0, 0.1) is 0 Å². The van der Waals surface area contributed by atoms with Crippen LogP contribution in [0.1, 0.15) is 30.5 Å². The van der Waals surface area contributed by atoms with Crippen molar-refractivity contribution in [2.24, 2.45) is 10.7 Å². The zero-order valence-electron chi connectivity index (χ0n) is 11.4. The molecule has 0 saturated heterocycles. The molecular formula is C16H20N2O. The van der Waals surface area contributed by atoms with Crippen molar-refractivity contribution in [2.75, 3.05) is 0 Å². The Morgan fingerprint density at radius 2 is 2.11 bits per heavy atom. The summed E-state index contributed by atoms with van der Waals surface area (Å²) in [7, 11) is 0. The third-order valence-corrected chi connectivity index (χ3v) is 3.35. The number of nitrogens with two attached hydrogens (primary N) is 1. The van der Waals surface area contributed by atoms with Gasteiger partial charge in [-0.05, 0) is 47.8 Å². The van der Waals surface area contributed by atoms with Gasteiger partial charge in [-0.2, -0.15) is 0 Å². The number of aryl methyl sites for hydroxylation is 2. The van der Waals surface area contributed by atoms with E-state index in [0.29, 0.717) is 5.75 Å². The van der Waals surface area contributed by atoms with Crippen LogP contribution in [0.25, 0.3) is 6.08 Å². The first-order chi connectivity index (χ1) is 9.15. The van der Waals surface area contributed by atoms with Crippen LogP contribution in [0.2, 0.25) is 0 Å². The predicted molar refractivity (Wildman–Crippen MR) is 80.4 cm³/mol. The third kappa shape index (κ3) is 2.93. The second-order valence-corrected chi connectivity index (χ2v) is 4.65. The molecule has 3 N–H and O–H groups in total. The summed E-state index contributed by atoms with van der Waals surface area (Å²) in [5.41, 5.74) is 9.85. The lowest BCUT2D eigenvalue weighted by Crippen LogP contribution is -2.20. The Kier molecular flexibility index (Phi) is 4.17. The van der Waals surface area contributed by atoms with Gasteiger partial charge in [-0.25, -0.2) is 0 Å². The monoisotopic (exact) mass is 256 g/mol. The largest absolute Gasteiger partial charge is 0.507 e. The maximum atomic E-state index is 10.3. The molecule has 0 radical (unpaired) electrons. The molecule has 1 aromatic carbocycles. The van der Waals surface area contributed by atoms with Crippen LogP contribution in [-0.2, 0) is 12.8 Å². The highest BCUT2D eigenvalue weighted by Gasteiger charge is 2.11. The Balaban J connectivity index is 2.47. The van der Waals surface area contributed by atoms with E-state index in [0.717, 1.165) is 29.5 Å². The number of phenols is 1. The Morgan fingerprint density at radius 1 is 1.32 bits per heavy atom. The minimum absolute atomic E-state index is 0.347. The van der Waals surface area contributed by atoms with Crippen LogP contribution in [-0.4, -0.2) is 17.5 Å². The molecule has 0 aromatic heterocycles. The number of rotatable bonds is 3. The van der Waals surface area contributed by atoms with Gasteiger partial charge in [0, 0.05) is 11.8 Å². The van der Waals surface area contributed by atoms with Gasteiger partial charge in [-0.3, -0.25) is 4.99 Å². The lowest BCUT2D eigenvalue weighted by molar-refractivity contribution is 0.467. The van der Waals surface area contributed by atoms with Crippen molar-refractivity contribution in [3.05, 3.63) is 46.5 Å². The Bertz CT molecular complexity index is 556. The summed E-state index contributed by atoms with van der Waals surface area (Å²) in [6.07, 6.45) is 8.82. The molecule has 0 aliphatic carbocycles. The summed E-state index contributed by atoms with van der Waals surface area (Å²) in [5, 5.41) is 10.3. The Hall–Kier alpha value is -1.87. The summed E-state index contributed by atoms with van der Waals surface area (Å²) in [6.45, 7) is 4.15. The van der Waals surface area contributed by atoms with Crippen LogP contribution in [0.15, 0.2) is 34.9 Å². The number of nitrogens with zero attached hydrogens (tertiary/aromatic N) is 1. The van der Waals surface area contributed by atoms with Crippen molar-refractivity contribution < 1.29 is 5.11 Å². The standard InChI is InChI=1S/C16H20N2O/c1-3-11-8-12(4-2)15(19)14(9-11)10-13-6-5-7-18-16(13)17/h5-10,16,19H,3-4,17H2,1-2H3. The molecule has 1 aliphatic rings. The number of allylic oxidation sites excluding steroid dienone is 1. The summed E-state index contributed by atoms with van der Waals surface area (Å²) >= 11 is 0. The highest BCUT2D eigenvalue weighted by molar-refractivity contribution is 5.77. The first-order valence-electron chi connectivity index (χ1n) is 6.67. The van der Waals surface area contributed by atoms with E-state index >= 15 is 0 Å². The van der Waals surface area contributed by atoms with Crippen molar-refractivity contribution in [1.82, 2.24) is 0 Å². The minimum atomic E-state index is -0.347. The molecule has 0 saturated carbocycles. The average Bonchev–Trinajstić information content (AvgIpc) is 2.43. The number of hydrogen-bond acceptors (Lipinski definition) is 3. The lowest BCUT2D eigenvalue weighted by atomic mass is 9.98. The zero-order valence-corrected chi connectivity index (χ0v) is 11.4. The summed E-state index contributed by atoms with van der Waals surface area (Å²) < 4.78 is 0. The zero-order chi connectivity index (χ0) is 13.8. The van der Waals surface area contributed by atoms with Crippen molar-refractivity contribution in [2.45, 2.75) is 32.9 Å². The van der Waals surface area contributed by atoms with Gasteiger partial charge in [-0.1, -0.05) is 26.0 Å². The predicted octanol–water partition coefficient (Wildman–Crippen LogP) is 2.83. The molecule has 1 heterocycles. The first-order valence-corrected chi connectivity index (χ1v) is 6.67. The highest BCUT2D eigenvalue weighted by Crippen LogP contribution is 2.28. The number of aromatic hydroxyl groups is 1. The van der Waals surface area contributed by atoms with Gasteiger partial charge in [0.15, 0.2) is 0 Å². The second kappa shape index (κ2) is 5.85. The quantitative estimate of drug-likeness (QED) is 0.873. The van der Waals surface area contributed by atoms with Crippen LogP contribution in [0.5, 0.6) is 5.75 Å². The number of aliphatic imine (C=N–C) groups is 1. The van der Waals surface area contributed by atoms with E-state index in [-0.39, 0.29) is 6.17 Å². The van der Waals surface area contributed by atoms with E-state index in [1.165, 1.54) is 5.56 Å². The fourth-order valence-corrected chi connectivity index (χ4v) is 2.17. The number of phenolic OH excluding ortho intramolecular Hbond substituents is 1. The van der Waals surface area contributed by atoms with Gasteiger partial charge >= 0.3 is 0 Å². The first kappa shape index (κ1) is 13.6. The number of benzene rings is 1. The maximum absolute atomic E-state index is 10.3. The van der Waals surface area contributed by atoms with E-state index < -0.39 is 0 Å². The summed E-state index contributed by atoms with van der Waals surface area (Å²) in [6, 6.07) is 4.08. The summed E-state index contributed by atoms with van der Waals surface area (Å²) in [5.74, 6) is 0.349. The third-order valence-electron chi connectivity index (χ3n) is 3.35. The van der Waals surface area contributed by atoms with E-state index in [9.17, 15) is 5.11 Å². The Morgan fingerprint density at radius 3 is 2.74 bits per heavy atom. The van der Waals surface area contributed by atoms with Crippen molar-refractivity contribution >= 4 is 12.3 Å². The van der Waals surface area contributed by atoms with E-state index in [1.807, 2.05) is 31.2 Å². The van der Waals surface area contributed by atoms with Crippen LogP contribution in [0.4, 0.5) is 0 Å². The fraction of sp³-hybridized carbons (Fsp3) is 0.312. The molecule has 0 bridgehead atoms. The molecule has 100 valence electrons. The molecule has 1 aromatic rings. The molecule has 1 atom stereocenters. The van der Waals surface area contributed by atoms with E-state index in [2.05, 4.69) is 18.0 Å². The molecule has 0 fully saturated rings. The highest BCUT2D eigenvalue weighted by atomic mass is 16.3. The molecule has 3 nitrogen and oxygen atoms in total. The van der Waals surface area contributed by atoms with Crippen molar-refractivity contribution in [3.8, 4) is 5.75 Å². The maximum Gasteiger partial charge on any atom is 0.126 e. The molecule has 1 aliphatic heterocycles. The van der Waals surface area contributed by atoms with Gasteiger partial charge in [-0.15, -0.1) is 0 Å². The number of hydrogen-bond donors (Lipinski definition) is 2. The molecular weight excluding hydrogens is 236 g/mol. The van der Waals surface area contributed by atoms with Gasteiger partial charge in [0.25, 0.3) is 0 Å². The van der Waals surface area contributed by atoms with Crippen LogP contribution >= 0.6 is 0 Å². The Labute approximate surface area is 114 Å². The van der Waals surface area contributed by atoms with E-state index in [1.54, 1.807) is 6.21 Å². The van der Waals surface area contributed by atoms with Crippen molar-refractivity contribution in [3.63, 3.8) is 0 Å². The lowest BCUT2D eigenvalue weighted by Gasteiger charge is -2.13. The molecule has 2 rings (SSSR count). The summed E-state index contributed by atoms with van der Waals surface area (Å²) in [4.78, 5) is 4.14. The van der Waals surface area contributed by atoms with Gasteiger partial charge in [0.05, 0.1) is 0 Å². The van der Waals surface area contributed by atoms with E-state index in [4.69, 9.17) is 5.73 Å². The van der Waals surface area contributed by atoms with Gasteiger partial charge in [0.1, 0.15) is 11.9 Å². The minimum Gasteiger partial charge on any atom is -0.507 e. The molecule has 3 heteroatoms. The molecule has 0 amide bonds. The topological polar surface area (TPSA) is 58.6 Å². The van der Waals surface area contributed by atoms with Gasteiger partial charge < -0.3 is 10.8 Å². The normalized spacial score (nSPS) is 20.2. The van der Waals surface area contributed by atoms with Crippen molar-refractivity contribution in [1.29, 1.82) is 0 Å². The molecule has 19 heavy (non-hydrogen) atoms. The van der Waals surface area contributed by atoms with Crippen LogP contribution in [0.3, 0.4) is 0 Å². The molecule has 1 unspecified atom stereocenters. The SMILES string of the molecule is CCc1cc(C=C2C=CC=NC2N)c(O)c(CC)c1.